The number of carbonyl (C=O) groups excluding carboxylic acids is 1. The van der Waals surface area contributed by atoms with Gasteiger partial charge in [-0.3, -0.25) is 4.79 Å². The summed E-state index contributed by atoms with van der Waals surface area (Å²) < 4.78 is 13.1. The van der Waals surface area contributed by atoms with Gasteiger partial charge in [0.15, 0.2) is 5.69 Å². The molecule has 1 N–H and O–H groups in total. The number of carbonyl (C=O) groups is 1. The number of aryl methyl sites for hydroxylation is 1. The molecule has 1 aromatic heterocycles. The molecule has 0 spiro atoms. The molecule has 0 bridgehead atoms. The molecule has 1 amide bonds. The van der Waals surface area contributed by atoms with Crippen LogP contribution in [0.1, 0.15) is 54.3 Å². The molecule has 0 saturated carbocycles. The molecule has 0 radical (unpaired) electrons. The van der Waals surface area contributed by atoms with Crippen LogP contribution in [0, 0.1) is 6.92 Å². The summed E-state index contributed by atoms with van der Waals surface area (Å²) in [5, 5.41) is 7.54. The molecule has 1 atom stereocenters. The number of ether oxygens (including phenoxy) is 2. The standard InChI is InChI=1S/C19H25N3O3/c1-4-15(14-9-6-7-10-16(14)24-5-2)20-18(23)17-13(3)19-22(21-17)11-8-12-25-19/h6-7,9-10,15H,4-5,8,11-12H2,1-3H3,(H,20,23). The monoisotopic (exact) mass is 343 g/mol. The van der Waals surface area contributed by atoms with E-state index in [2.05, 4.69) is 10.4 Å². The first-order chi connectivity index (χ1) is 12.2. The summed E-state index contributed by atoms with van der Waals surface area (Å²) in [5.41, 5.74) is 2.22. The zero-order chi connectivity index (χ0) is 17.8. The number of rotatable bonds is 6. The van der Waals surface area contributed by atoms with Gasteiger partial charge in [-0.15, -0.1) is 0 Å². The maximum atomic E-state index is 12.8. The van der Waals surface area contributed by atoms with Crippen LogP contribution in [0.5, 0.6) is 11.6 Å². The van der Waals surface area contributed by atoms with Gasteiger partial charge in [-0.2, -0.15) is 5.10 Å². The molecule has 3 rings (SSSR count). The van der Waals surface area contributed by atoms with Crippen LogP contribution >= 0.6 is 0 Å². The van der Waals surface area contributed by atoms with Gasteiger partial charge in [-0.05, 0) is 26.3 Å². The molecule has 134 valence electrons. The first-order valence-electron chi connectivity index (χ1n) is 8.88. The van der Waals surface area contributed by atoms with Gasteiger partial charge in [0.05, 0.1) is 19.3 Å². The Morgan fingerprint density at radius 1 is 1.40 bits per heavy atom. The van der Waals surface area contributed by atoms with E-state index in [4.69, 9.17) is 9.47 Å². The fraction of sp³-hybridized carbons (Fsp3) is 0.474. The second kappa shape index (κ2) is 7.59. The first kappa shape index (κ1) is 17.3. The van der Waals surface area contributed by atoms with Gasteiger partial charge in [0.25, 0.3) is 5.91 Å². The Labute approximate surface area is 148 Å². The van der Waals surface area contributed by atoms with Gasteiger partial charge in [0.1, 0.15) is 5.75 Å². The van der Waals surface area contributed by atoms with Crippen LogP contribution in [-0.4, -0.2) is 28.9 Å². The van der Waals surface area contributed by atoms with Crippen molar-refractivity contribution in [3.05, 3.63) is 41.1 Å². The molecule has 6 nitrogen and oxygen atoms in total. The molecule has 0 saturated heterocycles. The summed E-state index contributed by atoms with van der Waals surface area (Å²) in [6.07, 6.45) is 1.67. The van der Waals surface area contributed by atoms with E-state index < -0.39 is 0 Å². The number of fused-ring (bicyclic) bond motifs is 1. The predicted octanol–water partition coefficient (Wildman–Crippen LogP) is 3.25. The molecule has 25 heavy (non-hydrogen) atoms. The van der Waals surface area contributed by atoms with Crippen LogP contribution < -0.4 is 14.8 Å². The molecule has 0 fully saturated rings. The van der Waals surface area contributed by atoms with E-state index in [0.29, 0.717) is 24.8 Å². The molecule has 1 aromatic carbocycles. The topological polar surface area (TPSA) is 65.4 Å². The third kappa shape index (κ3) is 3.48. The second-order valence-corrected chi connectivity index (χ2v) is 6.11. The quantitative estimate of drug-likeness (QED) is 0.874. The average Bonchev–Trinajstić information content (AvgIpc) is 2.98. The number of nitrogens with one attached hydrogen (secondary N) is 1. The third-order valence-electron chi connectivity index (χ3n) is 4.41. The van der Waals surface area contributed by atoms with E-state index >= 15 is 0 Å². The van der Waals surface area contributed by atoms with Gasteiger partial charge in [-0.1, -0.05) is 25.1 Å². The van der Waals surface area contributed by atoms with Crippen LogP contribution in [-0.2, 0) is 6.54 Å². The van der Waals surface area contributed by atoms with Crippen molar-refractivity contribution in [1.29, 1.82) is 0 Å². The predicted molar refractivity (Wildman–Crippen MR) is 95.2 cm³/mol. The van der Waals surface area contributed by atoms with Crippen molar-refractivity contribution in [3.63, 3.8) is 0 Å². The highest BCUT2D eigenvalue weighted by Crippen LogP contribution is 2.29. The Bertz CT molecular complexity index is 754. The maximum Gasteiger partial charge on any atom is 0.272 e. The highest BCUT2D eigenvalue weighted by atomic mass is 16.5. The van der Waals surface area contributed by atoms with E-state index in [1.807, 2.05) is 45.0 Å². The molecule has 6 heteroatoms. The summed E-state index contributed by atoms with van der Waals surface area (Å²) in [7, 11) is 0. The lowest BCUT2D eigenvalue weighted by Gasteiger charge is -2.20. The molecule has 1 aliphatic heterocycles. The van der Waals surface area contributed by atoms with Gasteiger partial charge < -0.3 is 14.8 Å². The number of benzene rings is 1. The number of hydrogen-bond donors (Lipinski definition) is 1. The van der Waals surface area contributed by atoms with Gasteiger partial charge in [0, 0.05) is 24.1 Å². The van der Waals surface area contributed by atoms with Crippen molar-refractivity contribution in [3.8, 4) is 11.6 Å². The highest BCUT2D eigenvalue weighted by Gasteiger charge is 2.25. The van der Waals surface area contributed by atoms with Crippen LogP contribution in [0.3, 0.4) is 0 Å². The van der Waals surface area contributed by atoms with E-state index in [9.17, 15) is 4.79 Å². The lowest BCUT2D eigenvalue weighted by atomic mass is 10.0. The number of hydrogen-bond acceptors (Lipinski definition) is 4. The number of amides is 1. The van der Waals surface area contributed by atoms with Crippen LogP contribution in [0.15, 0.2) is 24.3 Å². The van der Waals surface area contributed by atoms with Crippen molar-refractivity contribution in [1.82, 2.24) is 15.1 Å². The van der Waals surface area contributed by atoms with Gasteiger partial charge in [0.2, 0.25) is 5.88 Å². The smallest absolute Gasteiger partial charge is 0.272 e. The largest absolute Gasteiger partial charge is 0.494 e. The molecular weight excluding hydrogens is 318 g/mol. The minimum atomic E-state index is -0.179. The lowest BCUT2D eigenvalue weighted by molar-refractivity contribution is 0.0928. The summed E-state index contributed by atoms with van der Waals surface area (Å²) in [6, 6.07) is 7.69. The van der Waals surface area contributed by atoms with Crippen molar-refractivity contribution in [2.75, 3.05) is 13.2 Å². The van der Waals surface area contributed by atoms with Crippen LogP contribution in [0.25, 0.3) is 0 Å². The SMILES string of the molecule is CCOc1ccccc1C(CC)NC(=O)c1nn2c(c1C)OCCC2. The fourth-order valence-corrected chi connectivity index (χ4v) is 3.15. The third-order valence-corrected chi connectivity index (χ3v) is 4.41. The Balaban J connectivity index is 1.83. The summed E-state index contributed by atoms with van der Waals surface area (Å²) in [4.78, 5) is 12.8. The van der Waals surface area contributed by atoms with E-state index in [1.54, 1.807) is 4.68 Å². The number of nitrogens with zero attached hydrogens (tertiary/aromatic N) is 2. The highest BCUT2D eigenvalue weighted by molar-refractivity contribution is 5.94. The summed E-state index contributed by atoms with van der Waals surface area (Å²) in [5.74, 6) is 1.33. The van der Waals surface area contributed by atoms with Gasteiger partial charge in [-0.25, -0.2) is 4.68 Å². The zero-order valence-electron chi connectivity index (χ0n) is 15.0. The molecule has 0 aliphatic carbocycles. The average molecular weight is 343 g/mol. The normalized spacial score (nSPS) is 14.4. The molecule has 2 aromatic rings. The van der Waals surface area contributed by atoms with Crippen molar-refractivity contribution < 1.29 is 14.3 Å². The van der Waals surface area contributed by atoms with Crippen molar-refractivity contribution >= 4 is 5.91 Å². The molecular formula is C19H25N3O3. The Hall–Kier alpha value is -2.50. The Kier molecular flexibility index (Phi) is 5.26. The minimum absolute atomic E-state index is 0.130. The Morgan fingerprint density at radius 2 is 2.20 bits per heavy atom. The van der Waals surface area contributed by atoms with E-state index in [1.165, 1.54) is 0 Å². The van der Waals surface area contributed by atoms with Gasteiger partial charge >= 0.3 is 0 Å². The number of aromatic nitrogens is 2. The number of para-hydroxylation sites is 1. The van der Waals surface area contributed by atoms with Crippen molar-refractivity contribution in [2.24, 2.45) is 0 Å². The second-order valence-electron chi connectivity index (χ2n) is 6.11. The molecule has 1 aliphatic rings. The summed E-state index contributed by atoms with van der Waals surface area (Å²) >= 11 is 0. The molecule has 1 unspecified atom stereocenters. The first-order valence-corrected chi connectivity index (χ1v) is 8.88. The maximum absolute atomic E-state index is 12.8. The lowest BCUT2D eigenvalue weighted by Crippen LogP contribution is -2.29. The van der Waals surface area contributed by atoms with Crippen LogP contribution in [0.4, 0.5) is 0 Å². The summed E-state index contributed by atoms with van der Waals surface area (Å²) in [6.45, 7) is 7.93. The van der Waals surface area contributed by atoms with Crippen molar-refractivity contribution in [2.45, 2.75) is 46.2 Å². The Morgan fingerprint density at radius 3 is 2.92 bits per heavy atom. The fourth-order valence-electron chi connectivity index (χ4n) is 3.15. The van der Waals surface area contributed by atoms with E-state index in [-0.39, 0.29) is 11.9 Å². The minimum Gasteiger partial charge on any atom is -0.494 e. The zero-order valence-corrected chi connectivity index (χ0v) is 15.0. The van der Waals surface area contributed by atoms with E-state index in [0.717, 1.165) is 36.3 Å². The molecule has 2 heterocycles. The van der Waals surface area contributed by atoms with Crippen LogP contribution in [0.2, 0.25) is 0 Å².